The van der Waals surface area contributed by atoms with Crippen molar-refractivity contribution in [3.05, 3.63) is 23.8 Å². The Kier molecular flexibility index (Phi) is 6.66. The van der Waals surface area contributed by atoms with Crippen molar-refractivity contribution in [1.29, 1.82) is 0 Å². The molecule has 7 nitrogen and oxygen atoms in total. The van der Waals surface area contributed by atoms with Gasteiger partial charge in [-0.1, -0.05) is 6.92 Å². The quantitative estimate of drug-likeness (QED) is 0.786. The summed E-state index contributed by atoms with van der Waals surface area (Å²) in [5.74, 6) is 0.910. The molecule has 1 fully saturated rings. The first-order valence-corrected chi connectivity index (χ1v) is 9.95. The van der Waals surface area contributed by atoms with Gasteiger partial charge < -0.3 is 14.8 Å². The van der Waals surface area contributed by atoms with E-state index in [0.29, 0.717) is 36.1 Å². The zero-order valence-electron chi connectivity index (χ0n) is 14.9. The number of hydrogen-bond acceptors (Lipinski definition) is 5. The van der Waals surface area contributed by atoms with Crippen molar-refractivity contribution in [2.45, 2.75) is 19.8 Å². The first kappa shape index (κ1) is 19.5. The zero-order chi connectivity index (χ0) is 18.4. The molecule has 0 spiro atoms. The molecule has 8 heteroatoms. The minimum Gasteiger partial charge on any atom is -0.497 e. The maximum Gasteiger partial charge on any atom is 0.251 e. The number of methoxy groups -OCH3 is 2. The molecule has 0 bridgehead atoms. The van der Waals surface area contributed by atoms with Crippen LogP contribution in [0.1, 0.15) is 30.1 Å². The van der Waals surface area contributed by atoms with E-state index in [1.54, 1.807) is 18.2 Å². The Labute approximate surface area is 149 Å². The summed E-state index contributed by atoms with van der Waals surface area (Å²) in [5.41, 5.74) is 0.361. The molecule has 1 heterocycles. The fourth-order valence-corrected chi connectivity index (χ4v) is 4.37. The van der Waals surface area contributed by atoms with E-state index in [2.05, 4.69) is 12.2 Å². The Balaban J connectivity index is 1.93. The third-order valence-electron chi connectivity index (χ3n) is 4.27. The standard InChI is InChI=1S/C17H26N2O5S/c1-13-5-4-7-19(12-13)25(21,22)8-6-18-17(20)14-9-15(23-2)11-16(10-14)24-3/h9-11,13H,4-8,12H2,1-3H3,(H,18,20)/t13-/m1/s1. The topological polar surface area (TPSA) is 84.9 Å². The minimum absolute atomic E-state index is 0.0611. The lowest BCUT2D eigenvalue weighted by atomic mass is 10.0. The van der Waals surface area contributed by atoms with Gasteiger partial charge in [-0.2, -0.15) is 0 Å². The monoisotopic (exact) mass is 370 g/mol. The van der Waals surface area contributed by atoms with E-state index in [9.17, 15) is 13.2 Å². The van der Waals surface area contributed by atoms with E-state index < -0.39 is 10.0 Å². The van der Waals surface area contributed by atoms with Gasteiger partial charge in [-0.3, -0.25) is 4.79 Å². The van der Waals surface area contributed by atoms with E-state index in [-0.39, 0.29) is 18.2 Å². The van der Waals surface area contributed by atoms with E-state index in [0.717, 1.165) is 12.8 Å². The zero-order valence-corrected chi connectivity index (χ0v) is 15.8. The van der Waals surface area contributed by atoms with Gasteiger partial charge in [0.15, 0.2) is 0 Å². The van der Waals surface area contributed by atoms with Crippen molar-refractivity contribution in [2.24, 2.45) is 5.92 Å². The molecule has 0 radical (unpaired) electrons. The molecular weight excluding hydrogens is 344 g/mol. The normalized spacial score (nSPS) is 18.6. The largest absolute Gasteiger partial charge is 0.497 e. The number of ether oxygens (including phenoxy) is 2. The van der Waals surface area contributed by atoms with E-state index in [1.165, 1.54) is 18.5 Å². The van der Waals surface area contributed by atoms with Crippen LogP contribution in [0, 0.1) is 5.92 Å². The Morgan fingerprint density at radius 1 is 1.24 bits per heavy atom. The van der Waals surface area contributed by atoms with Gasteiger partial charge in [0, 0.05) is 31.3 Å². The maximum absolute atomic E-state index is 12.4. The number of benzene rings is 1. The number of piperidine rings is 1. The number of nitrogens with one attached hydrogen (secondary N) is 1. The molecule has 1 aromatic rings. The number of carbonyl (C=O) groups excluding carboxylic acids is 1. The molecule has 25 heavy (non-hydrogen) atoms. The third-order valence-corrected chi connectivity index (χ3v) is 6.11. The number of rotatable bonds is 7. The van der Waals surface area contributed by atoms with Crippen molar-refractivity contribution in [1.82, 2.24) is 9.62 Å². The molecule has 1 N–H and O–H groups in total. The Morgan fingerprint density at radius 3 is 2.44 bits per heavy atom. The van der Waals surface area contributed by atoms with Crippen LogP contribution in [-0.2, 0) is 10.0 Å². The summed E-state index contributed by atoms with van der Waals surface area (Å²) in [6, 6.07) is 4.83. The van der Waals surface area contributed by atoms with Crippen molar-refractivity contribution in [2.75, 3.05) is 39.6 Å². The van der Waals surface area contributed by atoms with E-state index in [4.69, 9.17) is 9.47 Å². The summed E-state index contributed by atoms with van der Waals surface area (Å²) in [6.45, 7) is 3.24. The van der Waals surface area contributed by atoms with Crippen molar-refractivity contribution < 1.29 is 22.7 Å². The Morgan fingerprint density at radius 2 is 1.88 bits per heavy atom. The molecule has 1 aromatic carbocycles. The number of nitrogens with zero attached hydrogens (tertiary/aromatic N) is 1. The molecule has 140 valence electrons. The first-order chi connectivity index (χ1) is 11.9. The second-order valence-corrected chi connectivity index (χ2v) is 8.37. The van der Waals surface area contributed by atoms with Crippen LogP contribution in [0.25, 0.3) is 0 Å². The van der Waals surface area contributed by atoms with Crippen LogP contribution in [0.2, 0.25) is 0 Å². The molecule has 1 aliphatic rings. The van der Waals surface area contributed by atoms with Crippen LogP contribution in [0.15, 0.2) is 18.2 Å². The lowest BCUT2D eigenvalue weighted by molar-refractivity contribution is 0.0955. The molecule has 1 amide bonds. The minimum atomic E-state index is -3.35. The summed E-state index contributed by atoms with van der Waals surface area (Å²) >= 11 is 0. The van der Waals surface area contributed by atoms with Gasteiger partial charge in [-0.25, -0.2) is 12.7 Å². The van der Waals surface area contributed by atoms with Crippen LogP contribution in [0.3, 0.4) is 0 Å². The second kappa shape index (κ2) is 8.53. The molecule has 1 saturated heterocycles. The average Bonchev–Trinajstić information content (AvgIpc) is 2.61. The van der Waals surface area contributed by atoms with Gasteiger partial charge in [0.25, 0.3) is 5.91 Å². The lowest BCUT2D eigenvalue weighted by Gasteiger charge is -2.30. The highest BCUT2D eigenvalue weighted by molar-refractivity contribution is 7.89. The predicted molar refractivity (Wildman–Crippen MR) is 95.6 cm³/mol. The Bertz CT molecular complexity index is 683. The van der Waals surface area contributed by atoms with Crippen molar-refractivity contribution in [3.8, 4) is 11.5 Å². The van der Waals surface area contributed by atoms with Gasteiger partial charge in [-0.15, -0.1) is 0 Å². The number of sulfonamides is 1. The summed E-state index contributed by atoms with van der Waals surface area (Å²) in [5, 5.41) is 2.65. The average molecular weight is 370 g/mol. The summed E-state index contributed by atoms with van der Waals surface area (Å²) in [4.78, 5) is 12.3. The van der Waals surface area contributed by atoms with Crippen LogP contribution in [-0.4, -0.2) is 58.2 Å². The first-order valence-electron chi connectivity index (χ1n) is 8.35. The molecular formula is C17H26N2O5S. The fourth-order valence-electron chi connectivity index (χ4n) is 2.86. The van der Waals surface area contributed by atoms with Crippen molar-refractivity contribution in [3.63, 3.8) is 0 Å². The highest BCUT2D eigenvalue weighted by atomic mass is 32.2. The molecule has 0 unspecified atom stereocenters. The van der Waals surface area contributed by atoms with Gasteiger partial charge in [0.05, 0.1) is 20.0 Å². The van der Waals surface area contributed by atoms with Crippen LogP contribution >= 0.6 is 0 Å². The van der Waals surface area contributed by atoms with Crippen LogP contribution in [0.4, 0.5) is 0 Å². The SMILES string of the molecule is COc1cc(OC)cc(C(=O)NCCS(=O)(=O)N2CCC[C@@H](C)C2)c1. The Hall–Kier alpha value is -1.80. The summed E-state index contributed by atoms with van der Waals surface area (Å²) in [7, 11) is -0.345. The predicted octanol–water partition coefficient (Wildman–Crippen LogP) is 1.50. The lowest BCUT2D eigenvalue weighted by Crippen LogP contribution is -2.42. The van der Waals surface area contributed by atoms with Gasteiger partial charge in [0.2, 0.25) is 10.0 Å². The number of carbonyl (C=O) groups is 1. The van der Waals surface area contributed by atoms with E-state index >= 15 is 0 Å². The summed E-state index contributed by atoms with van der Waals surface area (Å²) in [6.07, 6.45) is 1.94. The van der Waals surface area contributed by atoms with Gasteiger partial charge in [0.1, 0.15) is 11.5 Å². The van der Waals surface area contributed by atoms with Gasteiger partial charge >= 0.3 is 0 Å². The summed E-state index contributed by atoms with van der Waals surface area (Å²) < 4.78 is 36.6. The number of hydrogen-bond donors (Lipinski definition) is 1. The highest BCUT2D eigenvalue weighted by Crippen LogP contribution is 2.22. The van der Waals surface area contributed by atoms with E-state index in [1.807, 2.05) is 0 Å². The second-order valence-electron chi connectivity index (χ2n) is 6.28. The highest BCUT2D eigenvalue weighted by Gasteiger charge is 2.26. The molecule has 0 saturated carbocycles. The molecule has 1 atom stereocenters. The van der Waals surface area contributed by atoms with Crippen molar-refractivity contribution >= 4 is 15.9 Å². The van der Waals surface area contributed by atoms with Crippen LogP contribution in [0.5, 0.6) is 11.5 Å². The maximum atomic E-state index is 12.4. The molecule has 1 aliphatic heterocycles. The molecule has 2 rings (SSSR count). The third kappa shape index (κ3) is 5.34. The smallest absolute Gasteiger partial charge is 0.251 e. The van der Waals surface area contributed by atoms with Crippen LogP contribution < -0.4 is 14.8 Å². The molecule has 0 aromatic heterocycles. The number of amides is 1. The fraction of sp³-hybridized carbons (Fsp3) is 0.588. The van der Waals surface area contributed by atoms with Gasteiger partial charge in [-0.05, 0) is 30.9 Å². The molecule has 0 aliphatic carbocycles.